The Morgan fingerprint density at radius 3 is 2.40 bits per heavy atom. The Bertz CT molecular complexity index is 1410. The minimum atomic E-state index is -0.803. The summed E-state index contributed by atoms with van der Waals surface area (Å²) in [5, 5.41) is 0. The molecule has 0 unspecified atom stereocenters. The Kier molecular flexibility index (Phi) is 6.22. The zero-order valence-corrected chi connectivity index (χ0v) is 22.9. The number of nitrogens with zero attached hydrogens (tertiary/aromatic N) is 1. The van der Waals surface area contributed by atoms with Crippen LogP contribution in [0.5, 0.6) is 17.2 Å². The maximum absolute atomic E-state index is 14.2. The molecule has 1 amide bonds. The molecule has 3 aliphatic heterocycles. The van der Waals surface area contributed by atoms with E-state index in [0.29, 0.717) is 36.6 Å². The first-order valence-corrected chi connectivity index (χ1v) is 13.8. The number of benzene rings is 3. The third-order valence-electron chi connectivity index (χ3n) is 8.38. The van der Waals surface area contributed by atoms with Crippen LogP contribution < -0.4 is 14.2 Å². The van der Waals surface area contributed by atoms with Crippen molar-refractivity contribution in [1.29, 1.82) is 0 Å². The Labute approximate surface area is 233 Å². The molecule has 0 radical (unpaired) electrons. The van der Waals surface area contributed by atoms with E-state index >= 15 is 0 Å². The van der Waals surface area contributed by atoms with Crippen molar-refractivity contribution in [3.63, 3.8) is 0 Å². The van der Waals surface area contributed by atoms with Gasteiger partial charge in [-0.1, -0.05) is 42.5 Å². The van der Waals surface area contributed by atoms with E-state index in [0.717, 1.165) is 22.4 Å². The van der Waals surface area contributed by atoms with Crippen LogP contribution >= 0.6 is 0 Å². The largest absolute Gasteiger partial charge is 0.497 e. The van der Waals surface area contributed by atoms with Crippen LogP contribution in [0.1, 0.15) is 53.2 Å². The van der Waals surface area contributed by atoms with E-state index < -0.39 is 5.79 Å². The number of carbonyl (C=O) groups excluding carboxylic acids is 1. The molecule has 4 aliphatic rings. The highest BCUT2D eigenvalue weighted by Gasteiger charge is 2.59. The molecule has 1 saturated carbocycles. The summed E-state index contributed by atoms with van der Waals surface area (Å²) in [5.41, 5.74) is 3.69. The molecular formula is C32H33NO7. The first-order valence-electron chi connectivity index (χ1n) is 13.8. The van der Waals surface area contributed by atoms with Gasteiger partial charge in [0.25, 0.3) is 5.91 Å². The molecular weight excluding hydrogens is 510 g/mol. The van der Waals surface area contributed by atoms with Crippen LogP contribution in [0.4, 0.5) is 0 Å². The van der Waals surface area contributed by atoms with Crippen molar-refractivity contribution in [2.75, 3.05) is 13.9 Å². The molecule has 40 heavy (non-hydrogen) atoms. The quantitative estimate of drug-likeness (QED) is 0.431. The van der Waals surface area contributed by atoms with Crippen LogP contribution in [0.15, 0.2) is 66.7 Å². The summed E-state index contributed by atoms with van der Waals surface area (Å²) in [6.45, 7) is 4.91. The number of carbonyl (C=O) groups is 1. The van der Waals surface area contributed by atoms with Gasteiger partial charge in [0.2, 0.25) is 6.79 Å². The third kappa shape index (κ3) is 4.40. The van der Waals surface area contributed by atoms with Gasteiger partial charge in [0.15, 0.2) is 17.3 Å². The molecule has 0 bridgehead atoms. The Morgan fingerprint density at radius 1 is 0.925 bits per heavy atom. The van der Waals surface area contributed by atoms with Crippen molar-refractivity contribution < 1.29 is 33.2 Å². The van der Waals surface area contributed by atoms with Crippen LogP contribution in [0, 0.1) is 0 Å². The predicted octanol–water partition coefficient (Wildman–Crippen LogP) is 5.04. The van der Waals surface area contributed by atoms with Crippen molar-refractivity contribution in [3.8, 4) is 17.2 Å². The monoisotopic (exact) mass is 543 g/mol. The van der Waals surface area contributed by atoms with Gasteiger partial charge in [-0.3, -0.25) is 4.79 Å². The van der Waals surface area contributed by atoms with E-state index in [1.165, 1.54) is 0 Å². The van der Waals surface area contributed by atoms with E-state index in [1.807, 2.05) is 73.3 Å². The number of ether oxygens (including phenoxy) is 6. The maximum Gasteiger partial charge on any atom is 0.254 e. The van der Waals surface area contributed by atoms with E-state index in [2.05, 4.69) is 12.1 Å². The topological polar surface area (TPSA) is 75.7 Å². The van der Waals surface area contributed by atoms with Gasteiger partial charge in [-0.05, 0) is 61.2 Å². The van der Waals surface area contributed by atoms with Gasteiger partial charge in [0.1, 0.15) is 18.0 Å². The fraction of sp³-hybridized carbons (Fsp3) is 0.406. The molecule has 5 atom stereocenters. The summed E-state index contributed by atoms with van der Waals surface area (Å²) in [5.74, 6) is 1.14. The molecule has 1 saturated heterocycles. The van der Waals surface area contributed by atoms with Gasteiger partial charge in [-0.15, -0.1) is 0 Å². The summed E-state index contributed by atoms with van der Waals surface area (Å²) in [6, 6.07) is 21.5. The van der Waals surface area contributed by atoms with Crippen LogP contribution in [0.3, 0.4) is 0 Å². The Morgan fingerprint density at radius 2 is 1.65 bits per heavy atom. The van der Waals surface area contributed by atoms with Crippen molar-refractivity contribution in [2.45, 2.75) is 69.5 Å². The van der Waals surface area contributed by atoms with Crippen LogP contribution in [-0.2, 0) is 27.4 Å². The predicted molar refractivity (Wildman–Crippen MR) is 145 cm³/mol. The van der Waals surface area contributed by atoms with Gasteiger partial charge >= 0.3 is 0 Å². The van der Waals surface area contributed by atoms with Crippen molar-refractivity contribution >= 4 is 5.91 Å². The molecule has 0 aromatic heterocycles. The van der Waals surface area contributed by atoms with Crippen LogP contribution in [0.25, 0.3) is 0 Å². The lowest BCUT2D eigenvalue weighted by atomic mass is 9.71. The second-order valence-electron chi connectivity index (χ2n) is 11.3. The van der Waals surface area contributed by atoms with E-state index in [1.54, 1.807) is 7.11 Å². The zero-order valence-electron chi connectivity index (χ0n) is 22.9. The number of fused-ring (bicyclic) bond motifs is 6. The molecule has 3 aromatic carbocycles. The SMILES string of the molecule is COc1ccc(CN2C(=O)c3cc4c(cc3[C@H]3C[C@@H](OCc5ccccc5)[C@H]5OC(C)(C)O[C@H]5[C@@H]32)OCO4)cc1. The molecule has 8 heteroatoms. The first-order chi connectivity index (χ1) is 19.4. The molecule has 0 N–H and O–H groups in total. The first kappa shape index (κ1) is 25.4. The van der Waals surface area contributed by atoms with Gasteiger partial charge in [0, 0.05) is 18.0 Å². The summed E-state index contributed by atoms with van der Waals surface area (Å²) >= 11 is 0. The molecule has 208 valence electrons. The van der Waals surface area contributed by atoms with Crippen LogP contribution in [0.2, 0.25) is 0 Å². The lowest BCUT2D eigenvalue weighted by Crippen LogP contribution is -2.61. The fourth-order valence-electron chi connectivity index (χ4n) is 6.61. The number of amides is 1. The molecule has 3 aromatic rings. The number of methoxy groups -OCH3 is 1. The summed E-state index contributed by atoms with van der Waals surface area (Å²) in [4.78, 5) is 16.2. The van der Waals surface area contributed by atoms with Gasteiger partial charge < -0.3 is 33.3 Å². The standard InChI is InChI=1S/C32H33NO7/c1-32(2)39-29-27(36-17-20-7-5-4-6-8-20)14-23-22-13-25-26(38-18-37-25)15-24(22)31(34)33(28(23)30(29)40-32)16-19-9-11-21(35-3)12-10-19/h4-13,15,23,27-30H,14,16-18H2,1-3H3/t23-,27-,28-,29-,30+/m1/s1. The highest BCUT2D eigenvalue weighted by atomic mass is 16.8. The van der Waals surface area contributed by atoms with E-state index in [4.69, 9.17) is 28.4 Å². The normalized spacial score (nSPS) is 27.6. The maximum atomic E-state index is 14.2. The highest BCUT2D eigenvalue weighted by molar-refractivity contribution is 5.98. The molecule has 0 spiro atoms. The summed E-state index contributed by atoms with van der Waals surface area (Å²) < 4.78 is 36.4. The fourth-order valence-corrected chi connectivity index (χ4v) is 6.61. The van der Waals surface area contributed by atoms with Crippen molar-refractivity contribution in [3.05, 3.63) is 89.0 Å². The molecule has 1 aliphatic carbocycles. The molecule has 8 nitrogen and oxygen atoms in total. The van der Waals surface area contributed by atoms with Gasteiger partial charge in [-0.2, -0.15) is 0 Å². The minimum absolute atomic E-state index is 0.0417. The summed E-state index contributed by atoms with van der Waals surface area (Å²) in [6.07, 6.45) is -0.225. The number of rotatable bonds is 6. The molecule has 2 fully saturated rings. The zero-order chi connectivity index (χ0) is 27.4. The van der Waals surface area contributed by atoms with Gasteiger partial charge in [0.05, 0.1) is 25.9 Å². The summed E-state index contributed by atoms with van der Waals surface area (Å²) in [7, 11) is 1.65. The molecule has 3 heterocycles. The minimum Gasteiger partial charge on any atom is -0.497 e. The second-order valence-corrected chi connectivity index (χ2v) is 11.3. The molecule has 7 rings (SSSR count). The lowest BCUT2D eigenvalue weighted by molar-refractivity contribution is -0.159. The Hall–Kier alpha value is -3.59. The highest BCUT2D eigenvalue weighted by Crippen LogP contribution is 2.51. The van der Waals surface area contributed by atoms with Crippen molar-refractivity contribution in [2.24, 2.45) is 0 Å². The smallest absolute Gasteiger partial charge is 0.254 e. The van der Waals surface area contributed by atoms with Crippen LogP contribution in [-0.4, -0.2) is 54.9 Å². The lowest BCUT2D eigenvalue weighted by Gasteiger charge is -2.50. The average molecular weight is 544 g/mol. The van der Waals surface area contributed by atoms with E-state index in [9.17, 15) is 4.79 Å². The van der Waals surface area contributed by atoms with Crippen molar-refractivity contribution in [1.82, 2.24) is 4.90 Å². The Balaban J connectivity index is 1.29. The van der Waals surface area contributed by atoms with E-state index in [-0.39, 0.29) is 43.0 Å². The average Bonchev–Trinajstić information content (AvgIpc) is 3.56. The number of hydrogen-bond donors (Lipinski definition) is 0. The third-order valence-corrected chi connectivity index (χ3v) is 8.38. The number of hydrogen-bond acceptors (Lipinski definition) is 7. The second kappa shape index (κ2) is 9.80. The van der Waals surface area contributed by atoms with Gasteiger partial charge in [-0.25, -0.2) is 0 Å².